The van der Waals surface area contributed by atoms with E-state index in [9.17, 15) is 0 Å². The number of hydrogen-bond acceptors (Lipinski definition) is 3. The molecule has 0 aliphatic rings. The van der Waals surface area contributed by atoms with Crippen molar-refractivity contribution in [3.05, 3.63) is 40.6 Å². The van der Waals surface area contributed by atoms with Crippen molar-refractivity contribution >= 4 is 23.4 Å². The standard InChI is InChI=1S/C13H15N5S/c1-9-3-5-14-12-11(9)16-13(19)18(12)6-4-10-7-15-17(2)8-10/h3,5,7-8H,4,6H2,1-2H3,(H,16,19). The van der Waals surface area contributed by atoms with Gasteiger partial charge in [-0.3, -0.25) is 4.68 Å². The fourth-order valence-electron chi connectivity index (χ4n) is 2.22. The quantitative estimate of drug-likeness (QED) is 0.745. The van der Waals surface area contributed by atoms with Crippen LogP contribution in [0, 0.1) is 11.7 Å². The van der Waals surface area contributed by atoms with E-state index in [2.05, 4.69) is 22.0 Å². The largest absolute Gasteiger partial charge is 0.329 e. The predicted molar refractivity (Wildman–Crippen MR) is 76.6 cm³/mol. The van der Waals surface area contributed by atoms with E-state index in [0.717, 1.165) is 34.5 Å². The second-order valence-corrected chi connectivity index (χ2v) is 5.07. The minimum absolute atomic E-state index is 0.723. The van der Waals surface area contributed by atoms with Gasteiger partial charge in [0.15, 0.2) is 10.4 Å². The first-order valence-corrected chi connectivity index (χ1v) is 6.57. The summed E-state index contributed by atoms with van der Waals surface area (Å²) in [5, 5.41) is 4.17. The van der Waals surface area contributed by atoms with E-state index < -0.39 is 0 Å². The lowest BCUT2D eigenvalue weighted by Crippen LogP contribution is -2.02. The molecule has 0 spiro atoms. The Morgan fingerprint density at radius 1 is 1.42 bits per heavy atom. The van der Waals surface area contributed by atoms with Gasteiger partial charge in [-0.05, 0) is 42.8 Å². The van der Waals surface area contributed by atoms with Gasteiger partial charge in [-0.1, -0.05) is 0 Å². The van der Waals surface area contributed by atoms with E-state index in [1.807, 2.05) is 41.0 Å². The van der Waals surface area contributed by atoms with Gasteiger partial charge >= 0.3 is 0 Å². The van der Waals surface area contributed by atoms with Crippen LogP contribution in [0.15, 0.2) is 24.7 Å². The van der Waals surface area contributed by atoms with Crippen molar-refractivity contribution in [2.45, 2.75) is 19.9 Å². The van der Waals surface area contributed by atoms with Crippen LogP contribution in [0.1, 0.15) is 11.1 Å². The first kappa shape index (κ1) is 12.1. The topological polar surface area (TPSA) is 51.4 Å². The summed E-state index contributed by atoms with van der Waals surface area (Å²) in [6.07, 6.45) is 6.62. The minimum atomic E-state index is 0.723. The van der Waals surface area contributed by atoms with Crippen molar-refractivity contribution in [2.24, 2.45) is 7.05 Å². The van der Waals surface area contributed by atoms with Gasteiger partial charge in [-0.2, -0.15) is 5.10 Å². The average molecular weight is 273 g/mol. The number of aryl methyl sites for hydroxylation is 4. The summed E-state index contributed by atoms with van der Waals surface area (Å²) in [4.78, 5) is 7.66. The van der Waals surface area contributed by atoms with Crippen LogP contribution in [0.2, 0.25) is 0 Å². The van der Waals surface area contributed by atoms with E-state index in [0.29, 0.717) is 0 Å². The summed E-state index contributed by atoms with van der Waals surface area (Å²) in [6, 6.07) is 1.99. The highest BCUT2D eigenvalue weighted by molar-refractivity contribution is 7.71. The summed E-state index contributed by atoms with van der Waals surface area (Å²) in [5.41, 5.74) is 4.32. The van der Waals surface area contributed by atoms with Crippen LogP contribution in [-0.2, 0) is 20.0 Å². The maximum Gasteiger partial charge on any atom is 0.179 e. The fourth-order valence-corrected chi connectivity index (χ4v) is 2.50. The molecule has 3 aromatic rings. The van der Waals surface area contributed by atoms with Crippen molar-refractivity contribution in [2.75, 3.05) is 0 Å². The van der Waals surface area contributed by atoms with Gasteiger partial charge in [0, 0.05) is 26.0 Å². The fraction of sp³-hybridized carbons (Fsp3) is 0.308. The van der Waals surface area contributed by atoms with Crippen LogP contribution in [0.5, 0.6) is 0 Å². The molecule has 0 fully saturated rings. The number of H-pyrrole nitrogens is 1. The van der Waals surface area contributed by atoms with Crippen molar-refractivity contribution in [3.8, 4) is 0 Å². The van der Waals surface area contributed by atoms with Gasteiger partial charge < -0.3 is 9.55 Å². The number of nitrogens with one attached hydrogen (secondary N) is 1. The molecule has 0 amide bonds. The number of aromatic nitrogens is 5. The Labute approximate surface area is 115 Å². The highest BCUT2D eigenvalue weighted by atomic mass is 32.1. The van der Waals surface area contributed by atoms with Crippen LogP contribution < -0.4 is 0 Å². The van der Waals surface area contributed by atoms with Gasteiger partial charge in [-0.15, -0.1) is 0 Å². The van der Waals surface area contributed by atoms with Gasteiger partial charge in [0.25, 0.3) is 0 Å². The second-order valence-electron chi connectivity index (χ2n) is 4.68. The lowest BCUT2D eigenvalue weighted by atomic mass is 10.2. The summed E-state index contributed by atoms with van der Waals surface area (Å²) in [5.74, 6) is 0. The normalized spacial score (nSPS) is 11.3. The second kappa shape index (κ2) is 4.62. The van der Waals surface area contributed by atoms with E-state index in [-0.39, 0.29) is 0 Å². The van der Waals surface area contributed by atoms with Crippen LogP contribution in [0.4, 0.5) is 0 Å². The summed E-state index contributed by atoms with van der Waals surface area (Å²) in [6.45, 7) is 2.86. The minimum Gasteiger partial charge on any atom is -0.329 e. The van der Waals surface area contributed by atoms with Crippen molar-refractivity contribution in [3.63, 3.8) is 0 Å². The first-order valence-electron chi connectivity index (χ1n) is 6.17. The summed E-state index contributed by atoms with van der Waals surface area (Å²) >= 11 is 5.38. The number of fused-ring (bicyclic) bond motifs is 1. The van der Waals surface area contributed by atoms with Crippen LogP contribution in [-0.4, -0.2) is 24.3 Å². The van der Waals surface area contributed by atoms with Crippen molar-refractivity contribution < 1.29 is 0 Å². The molecular formula is C13H15N5S. The molecule has 0 atom stereocenters. The maximum absolute atomic E-state index is 5.38. The Bertz CT molecular complexity index is 780. The monoisotopic (exact) mass is 273 g/mol. The Morgan fingerprint density at radius 3 is 3.00 bits per heavy atom. The van der Waals surface area contributed by atoms with E-state index >= 15 is 0 Å². The Kier molecular flexibility index (Phi) is 2.94. The third kappa shape index (κ3) is 2.19. The van der Waals surface area contributed by atoms with Crippen LogP contribution in [0.25, 0.3) is 11.2 Å². The number of aromatic amines is 1. The molecule has 5 nitrogen and oxygen atoms in total. The lowest BCUT2D eigenvalue weighted by Gasteiger charge is -2.02. The number of nitrogens with zero attached hydrogens (tertiary/aromatic N) is 4. The molecule has 0 bridgehead atoms. The number of imidazole rings is 1. The molecule has 98 valence electrons. The molecule has 0 aliphatic heterocycles. The zero-order chi connectivity index (χ0) is 13.4. The molecular weight excluding hydrogens is 258 g/mol. The van der Waals surface area contributed by atoms with Gasteiger partial charge in [0.05, 0.1) is 11.7 Å². The van der Waals surface area contributed by atoms with Gasteiger partial charge in [-0.25, -0.2) is 4.98 Å². The first-order chi connectivity index (χ1) is 9.15. The molecule has 0 radical (unpaired) electrons. The third-order valence-corrected chi connectivity index (χ3v) is 3.58. The zero-order valence-corrected chi connectivity index (χ0v) is 11.7. The average Bonchev–Trinajstić information content (AvgIpc) is 2.92. The van der Waals surface area contributed by atoms with Crippen LogP contribution in [0.3, 0.4) is 0 Å². The van der Waals surface area contributed by atoms with Gasteiger partial charge in [0.2, 0.25) is 0 Å². The summed E-state index contributed by atoms with van der Waals surface area (Å²) in [7, 11) is 1.92. The van der Waals surface area contributed by atoms with Crippen LogP contribution >= 0.6 is 12.2 Å². The number of hydrogen-bond donors (Lipinski definition) is 1. The number of pyridine rings is 1. The molecule has 0 saturated carbocycles. The maximum atomic E-state index is 5.38. The molecule has 0 unspecified atom stereocenters. The smallest absolute Gasteiger partial charge is 0.179 e. The molecule has 0 saturated heterocycles. The lowest BCUT2D eigenvalue weighted by molar-refractivity contribution is 0.699. The predicted octanol–water partition coefficient (Wildman–Crippen LogP) is 2.38. The molecule has 0 aliphatic carbocycles. The van der Waals surface area contributed by atoms with Crippen molar-refractivity contribution in [1.82, 2.24) is 24.3 Å². The Hall–Kier alpha value is -1.95. The van der Waals surface area contributed by atoms with E-state index in [1.165, 1.54) is 5.56 Å². The molecule has 19 heavy (non-hydrogen) atoms. The Balaban J connectivity index is 1.95. The third-order valence-electron chi connectivity index (χ3n) is 3.25. The summed E-state index contributed by atoms with van der Waals surface area (Å²) < 4.78 is 4.58. The molecule has 1 N–H and O–H groups in total. The molecule has 3 heterocycles. The molecule has 6 heteroatoms. The van der Waals surface area contributed by atoms with E-state index in [4.69, 9.17) is 12.2 Å². The highest BCUT2D eigenvalue weighted by Crippen LogP contribution is 2.15. The molecule has 3 aromatic heterocycles. The Morgan fingerprint density at radius 2 is 2.26 bits per heavy atom. The number of rotatable bonds is 3. The molecule has 3 rings (SSSR count). The highest BCUT2D eigenvalue weighted by Gasteiger charge is 2.07. The zero-order valence-electron chi connectivity index (χ0n) is 10.9. The van der Waals surface area contributed by atoms with E-state index in [1.54, 1.807) is 0 Å². The van der Waals surface area contributed by atoms with Gasteiger partial charge in [0.1, 0.15) is 0 Å². The van der Waals surface area contributed by atoms with Crippen molar-refractivity contribution in [1.29, 1.82) is 0 Å². The molecule has 0 aromatic carbocycles. The SMILES string of the molecule is Cc1ccnc2c1[nH]c(=S)n2CCc1cnn(C)c1.